The first-order valence-corrected chi connectivity index (χ1v) is 5.80. The fourth-order valence-corrected chi connectivity index (χ4v) is 2.71. The van der Waals surface area contributed by atoms with Crippen molar-refractivity contribution in [3.8, 4) is 0 Å². The molecule has 1 fully saturated rings. The quantitative estimate of drug-likeness (QED) is 0.680. The van der Waals surface area contributed by atoms with Crippen molar-refractivity contribution < 1.29 is 0 Å². The minimum absolute atomic E-state index is 0.633. The van der Waals surface area contributed by atoms with E-state index in [0.717, 1.165) is 18.3 Å². The predicted molar refractivity (Wildman–Crippen MR) is 62.2 cm³/mol. The molecule has 0 spiro atoms. The molecule has 80 valence electrons. The Hall–Kier alpha value is -1.25. The molecule has 2 aliphatic rings. The van der Waals surface area contributed by atoms with Gasteiger partial charge >= 0.3 is 0 Å². The van der Waals surface area contributed by atoms with Crippen LogP contribution in [0.1, 0.15) is 24.8 Å². The second kappa shape index (κ2) is 3.40. The van der Waals surface area contributed by atoms with Gasteiger partial charge in [0.05, 0.1) is 5.69 Å². The molecule has 0 amide bonds. The molecule has 1 saturated carbocycles. The topological polar surface area (TPSA) is 37.0 Å². The lowest BCUT2D eigenvalue weighted by atomic mass is 10.0. The number of hydrogen-bond acceptors (Lipinski definition) is 3. The number of hydrogen-bond donors (Lipinski definition) is 2. The lowest BCUT2D eigenvalue weighted by Crippen LogP contribution is -2.25. The summed E-state index contributed by atoms with van der Waals surface area (Å²) in [6.07, 6.45) is 5.92. The van der Waals surface area contributed by atoms with Crippen molar-refractivity contribution in [3.63, 3.8) is 0 Å². The molecule has 1 aromatic rings. The molecule has 2 atom stereocenters. The lowest BCUT2D eigenvalue weighted by molar-refractivity contribution is 0.536. The maximum atomic E-state index is 4.47. The van der Waals surface area contributed by atoms with Gasteiger partial charge in [-0.3, -0.25) is 0 Å². The van der Waals surface area contributed by atoms with Gasteiger partial charge in [-0.1, -0.05) is 6.42 Å². The number of aryl methyl sites for hydroxylation is 1. The fraction of sp³-hybridized carbons (Fsp3) is 0.583. The number of aromatic nitrogens is 1. The smallest absolute Gasteiger partial charge is 0.149 e. The summed E-state index contributed by atoms with van der Waals surface area (Å²) < 4.78 is 0. The molecule has 1 aliphatic carbocycles. The second-order valence-corrected chi connectivity index (χ2v) is 4.73. The van der Waals surface area contributed by atoms with E-state index in [4.69, 9.17) is 0 Å². The van der Waals surface area contributed by atoms with Gasteiger partial charge in [-0.15, -0.1) is 0 Å². The van der Waals surface area contributed by atoms with Crippen molar-refractivity contribution in [2.45, 2.75) is 32.2 Å². The van der Waals surface area contributed by atoms with E-state index in [-0.39, 0.29) is 0 Å². The Labute approximate surface area is 90.3 Å². The van der Waals surface area contributed by atoms with E-state index in [1.54, 1.807) is 0 Å². The van der Waals surface area contributed by atoms with Gasteiger partial charge in [0, 0.05) is 18.8 Å². The zero-order valence-electron chi connectivity index (χ0n) is 9.09. The van der Waals surface area contributed by atoms with Gasteiger partial charge < -0.3 is 10.6 Å². The van der Waals surface area contributed by atoms with Crippen LogP contribution in [0.25, 0.3) is 0 Å². The molecular formula is C12H17N3. The summed E-state index contributed by atoms with van der Waals surface area (Å²) in [5, 5.41) is 7.09. The average molecular weight is 203 g/mol. The summed E-state index contributed by atoms with van der Waals surface area (Å²) in [6, 6.07) is 2.81. The van der Waals surface area contributed by atoms with Gasteiger partial charge in [0.25, 0.3) is 0 Å². The Bertz CT molecular complexity index is 375. The molecule has 2 heterocycles. The van der Waals surface area contributed by atoms with Crippen LogP contribution in [0.2, 0.25) is 0 Å². The van der Waals surface area contributed by atoms with Crippen LogP contribution in [0.4, 0.5) is 11.5 Å². The zero-order chi connectivity index (χ0) is 10.3. The van der Waals surface area contributed by atoms with E-state index in [2.05, 4.69) is 28.6 Å². The summed E-state index contributed by atoms with van der Waals surface area (Å²) in [5.74, 6) is 1.81. The first-order valence-electron chi connectivity index (χ1n) is 5.80. The highest BCUT2D eigenvalue weighted by Crippen LogP contribution is 2.33. The van der Waals surface area contributed by atoms with E-state index in [1.807, 2.05) is 6.20 Å². The van der Waals surface area contributed by atoms with Crippen LogP contribution in [0.3, 0.4) is 0 Å². The van der Waals surface area contributed by atoms with Crippen molar-refractivity contribution in [3.05, 3.63) is 17.8 Å². The summed E-state index contributed by atoms with van der Waals surface area (Å²) in [7, 11) is 0. The van der Waals surface area contributed by atoms with E-state index in [1.165, 1.54) is 30.5 Å². The monoisotopic (exact) mass is 203 g/mol. The van der Waals surface area contributed by atoms with Crippen LogP contribution in [-0.2, 0) is 0 Å². The maximum absolute atomic E-state index is 4.47. The highest BCUT2D eigenvalue weighted by Gasteiger charge is 2.30. The Morgan fingerprint density at radius 3 is 3.27 bits per heavy atom. The largest absolute Gasteiger partial charge is 0.382 e. The lowest BCUT2D eigenvalue weighted by Gasteiger charge is -2.16. The fourth-order valence-electron chi connectivity index (χ4n) is 2.71. The molecule has 3 rings (SSSR count). The Kier molecular flexibility index (Phi) is 2.04. The van der Waals surface area contributed by atoms with Crippen molar-refractivity contribution in [1.82, 2.24) is 4.98 Å². The molecule has 2 N–H and O–H groups in total. The second-order valence-electron chi connectivity index (χ2n) is 4.73. The first kappa shape index (κ1) is 9.01. The number of nitrogens with zero attached hydrogens (tertiary/aromatic N) is 1. The molecule has 3 nitrogen and oxygen atoms in total. The van der Waals surface area contributed by atoms with E-state index >= 15 is 0 Å². The molecule has 0 radical (unpaired) electrons. The van der Waals surface area contributed by atoms with Crippen LogP contribution >= 0.6 is 0 Å². The van der Waals surface area contributed by atoms with Gasteiger partial charge in [-0.2, -0.15) is 0 Å². The molecular weight excluding hydrogens is 186 g/mol. The SMILES string of the molecule is Cc1cnc2c(c1)NCC1CCCC1N2. The molecule has 1 aliphatic heterocycles. The third-order valence-electron chi connectivity index (χ3n) is 3.56. The standard InChI is InChI=1S/C12H17N3/c1-8-5-11-12(14-6-8)15-10-4-2-3-9(10)7-13-11/h5-6,9-10,13H,2-4,7H2,1H3,(H,14,15). The minimum Gasteiger partial charge on any atom is -0.382 e. The molecule has 2 unspecified atom stereocenters. The number of nitrogens with one attached hydrogen (secondary N) is 2. The van der Waals surface area contributed by atoms with Crippen molar-refractivity contribution >= 4 is 11.5 Å². The Morgan fingerprint density at radius 1 is 1.40 bits per heavy atom. The third kappa shape index (κ3) is 1.56. The van der Waals surface area contributed by atoms with Crippen LogP contribution < -0.4 is 10.6 Å². The molecule has 1 aromatic heterocycles. The number of anilines is 2. The van der Waals surface area contributed by atoms with Gasteiger partial charge in [0.15, 0.2) is 0 Å². The van der Waals surface area contributed by atoms with Crippen LogP contribution in [0.5, 0.6) is 0 Å². The Balaban J connectivity index is 1.93. The first-order chi connectivity index (χ1) is 7.33. The van der Waals surface area contributed by atoms with Gasteiger partial charge in [0.2, 0.25) is 0 Å². The van der Waals surface area contributed by atoms with E-state index < -0.39 is 0 Å². The Morgan fingerprint density at radius 2 is 2.33 bits per heavy atom. The molecule has 0 bridgehead atoms. The van der Waals surface area contributed by atoms with Crippen molar-refractivity contribution in [1.29, 1.82) is 0 Å². The van der Waals surface area contributed by atoms with E-state index in [9.17, 15) is 0 Å². The van der Waals surface area contributed by atoms with Gasteiger partial charge in [-0.25, -0.2) is 4.98 Å². The van der Waals surface area contributed by atoms with Crippen LogP contribution in [0, 0.1) is 12.8 Å². The normalized spacial score (nSPS) is 28.3. The van der Waals surface area contributed by atoms with E-state index in [0.29, 0.717) is 6.04 Å². The maximum Gasteiger partial charge on any atom is 0.149 e. The number of pyridine rings is 1. The number of rotatable bonds is 0. The predicted octanol–water partition coefficient (Wildman–Crippen LogP) is 2.40. The van der Waals surface area contributed by atoms with Crippen LogP contribution in [0.15, 0.2) is 12.3 Å². The number of fused-ring (bicyclic) bond motifs is 2. The van der Waals surface area contributed by atoms with Crippen molar-refractivity contribution in [2.24, 2.45) is 5.92 Å². The van der Waals surface area contributed by atoms with Gasteiger partial charge in [0.1, 0.15) is 5.82 Å². The summed E-state index contributed by atoms with van der Waals surface area (Å²) >= 11 is 0. The third-order valence-corrected chi connectivity index (χ3v) is 3.56. The van der Waals surface area contributed by atoms with Gasteiger partial charge in [-0.05, 0) is 37.3 Å². The molecule has 0 saturated heterocycles. The highest BCUT2D eigenvalue weighted by atomic mass is 15.1. The molecule has 0 aromatic carbocycles. The average Bonchev–Trinajstić information content (AvgIpc) is 2.59. The highest BCUT2D eigenvalue weighted by molar-refractivity contribution is 5.66. The summed E-state index contributed by atoms with van der Waals surface area (Å²) in [5.41, 5.74) is 2.39. The van der Waals surface area contributed by atoms with Crippen LogP contribution in [-0.4, -0.2) is 17.6 Å². The summed E-state index contributed by atoms with van der Waals surface area (Å²) in [4.78, 5) is 4.47. The zero-order valence-corrected chi connectivity index (χ0v) is 9.09. The molecule has 3 heteroatoms. The molecule has 15 heavy (non-hydrogen) atoms. The summed E-state index contributed by atoms with van der Waals surface area (Å²) in [6.45, 7) is 3.18. The minimum atomic E-state index is 0.633. The van der Waals surface area contributed by atoms with Crippen molar-refractivity contribution in [2.75, 3.05) is 17.2 Å².